The Hall–Kier alpha value is -0.660. The lowest BCUT2D eigenvalue weighted by Crippen LogP contribution is -2.46. The predicted octanol–water partition coefficient (Wildman–Crippen LogP) is 0.540. The molecule has 1 aliphatic heterocycles. The third-order valence-corrected chi connectivity index (χ3v) is 3.87. The lowest BCUT2D eigenvalue weighted by atomic mass is 10.2. The molecule has 1 saturated heterocycles. The number of aromatic nitrogens is 2. The highest BCUT2D eigenvalue weighted by atomic mass is 32.2. The fourth-order valence-electron chi connectivity index (χ4n) is 1.52. The zero-order valence-electron chi connectivity index (χ0n) is 8.00. The molecule has 15 heavy (non-hydrogen) atoms. The molecule has 1 aromatic rings. The van der Waals surface area contributed by atoms with E-state index in [0.717, 1.165) is 18.0 Å². The van der Waals surface area contributed by atoms with Gasteiger partial charge in [-0.1, -0.05) is 4.49 Å². The first-order chi connectivity index (χ1) is 7.27. The van der Waals surface area contributed by atoms with Crippen molar-refractivity contribution in [3.8, 4) is 0 Å². The Labute approximate surface area is 95.6 Å². The van der Waals surface area contributed by atoms with E-state index < -0.39 is 5.97 Å². The van der Waals surface area contributed by atoms with Crippen molar-refractivity contribution in [2.45, 2.75) is 12.6 Å². The molecule has 0 spiro atoms. The summed E-state index contributed by atoms with van der Waals surface area (Å²) in [7, 11) is 0. The average molecular weight is 245 g/mol. The van der Waals surface area contributed by atoms with E-state index >= 15 is 0 Å². The summed E-state index contributed by atoms with van der Waals surface area (Å²) in [5.74, 6) is 0.902. The lowest BCUT2D eigenvalue weighted by molar-refractivity contribution is -0.142. The topological polar surface area (TPSA) is 66.3 Å². The molecule has 1 aliphatic rings. The number of hydrogen-bond acceptors (Lipinski definition) is 6. The van der Waals surface area contributed by atoms with Gasteiger partial charge in [0.25, 0.3) is 0 Å². The van der Waals surface area contributed by atoms with Crippen LogP contribution in [0.1, 0.15) is 5.69 Å². The molecule has 5 nitrogen and oxygen atoms in total. The van der Waals surface area contributed by atoms with Gasteiger partial charge < -0.3 is 5.11 Å². The molecule has 2 rings (SSSR count). The van der Waals surface area contributed by atoms with Gasteiger partial charge in [-0.05, 0) is 11.5 Å². The van der Waals surface area contributed by atoms with E-state index in [9.17, 15) is 4.79 Å². The summed E-state index contributed by atoms with van der Waals surface area (Å²) in [5, 5.41) is 14.8. The number of rotatable bonds is 3. The van der Waals surface area contributed by atoms with Crippen LogP contribution in [0.2, 0.25) is 0 Å². The molecule has 0 amide bonds. The second-order valence-corrected chi connectivity index (χ2v) is 5.06. The normalized spacial score (nSPS) is 22.8. The van der Waals surface area contributed by atoms with Gasteiger partial charge in [0.05, 0.1) is 5.69 Å². The Bertz CT molecular complexity index is 331. The number of hydrogen-bond donors (Lipinski definition) is 1. The molecule has 7 heteroatoms. The van der Waals surface area contributed by atoms with Crippen molar-refractivity contribution >= 4 is 29.3 Å². The van der Waals surface area contributed by atoms with Crippen molar-refractivity contribution in [3.05, 3.63) is 11.1 Å². The van der Waals surface area contributed by atoms with Crippen LogP contribution in [-0.4, -0.2) is 49.7 Å². The Balaban J connectivity index is 2.02. The van der Waals surface area contributed by atoms with Gasteiger partial charge in [-0.15, -0.1) is 5.10 Å². The van der Waals surface area contributed by atoms with E-state index in [1.54, 1.807) is 11.8 Å². The van der Waals surface area contributed by atoms with Crippen molar-refractivity contribution in [3.63, 3.8) is 0 Å². The Kier molecular flexibility index (Phi) is 3.55. The number of carboxylic acids is 1. The van der Waals surface area contributed by atoms with Gasteiger partial charge in [0.1, 0.15) is 6.04 Å². The SMILES string of the molecule is O=C(O)C1CSCCN1Cc1csnn1. The van der Waals surface area contributed by atoms with E-state index in [4.69, 9.17) is 5.11 Å². The molecule has 0 saturated carbocycles. The molecular weight excluding hydrogens is 234 g/mol. The fraction of sp³-hybridized carbons (Fsp3) is 0.625. The molecule has 1 fully saturated rings. The first kappa shape index (κ1) is 10.8. The molecule has 1 N–H and O–H groups in total. The summed E-state index contributed by atoms with van der Waals surface area (Å²) in [5.41, 5.74) is 0.859. The molecule has 1 aromatic heterocycles. The number of carbonyl (C=O) groups is 1. The summed E-state index contributed by atoms with van der Waals surface area (Å²) in [6.07, 6.45) is 0. The Morgan fingerprint density at radius 1 is 1.73 bits per heavy atom. The maximum absolute atomic E-state index is 11.0. The Morgan fingerprint density at radius 2 is 2.60 bits per heavy atom. The molecule has 1 atom stereocenters. The van der Waals surface area contributed by atoms with Crippen LogP contribution < -0.4 is 0 Å². The third-order valence-electron chi connectivity index (χ3n) is 2.29. The zero-order chi connectivity index (χ0) is 10.7. The third kappa shape index (κ3) is 2.67. The molecule has 0 aromatic carbocycles. The van der Waals surface area contributed by atoms with Crippen LogP contribution in [0.5, 0.6) is 0 Å². The minimum absolute atomic E-state index is 0.384. The number of nitrogens with zero attached hydrogens (tertiary/aromatic N) is 3. The predicted molar refractivity (Wildman–Crippen MR) is 59.1 cm³/mol. The van der Waals surface area contributed by atoms with Crippen LogP contribution in [0, 0.1) is 0 Å². The van der Waals surface area contributed by atoms with Crippen LogP contribution in [0.25, 0.3) is 0 Å². The second kappa shape index (κ2) is 4.91. The van der Waals surface area contributed by atoms with Gasteiger partial charge in [0, 0.05) is 30.0 Å². The lowest BCUT2D eigenvalue weighted by Gasteiger charge is -2.31. The molecule has 0 bridgehead atoms. The van der Waals surface area contributed by atoms with E-state index in [1.807, 2.05) is 10.3 Å². The summed E-state index contributed by atoms with van der Waals surface area (Å²) in [6, 6.07) is -0.384. The molecule has 2 heterocycles. The van der Waals surface area contributed by atoms with E-state index in [2.05, 4.69) is 9.59 Å². The van der Waals surface area contributed by atoms with E-state index in [0.29, 0.717) is 12.3 Å². The molecule has 1 unspecified atom stereocenters. The fourth-order valence-corrected chi connectivity index (χ4v) is 3.07. The van der Waals surface area contributed by atoms with Crippen molar-refractivity contribution < 1.29 is 9.90 Å². The van der Waals surface area contributed by atoms with Crippen molar-refractivity contribution in [1.82, 2.24) is 14.5 Å². The van der Waals surface area contributed by atoms with Crippen LogP contribution >= 0.6 is 23.3 Å². The monoisotopic (exact) mass is 245 g/mol. The van der Waals surface area contributed by atoms with E-state index in [1.165, 1.54) is 11.5 Å². The van der Waals surface area contributed by atoms with Gasteiger partial charge in [-0.2, -0.15) is 11.8 Å². The maximum atomic E-state index is 11.0. The quantitative estimate of drug-likeness (QED) is 0.838. The highest BCUT2D eigenvalue weighted by Crippen LogP contribution is 2.18. The van der Waals surface area contributed by atoms with Gasteiger partial charge in [0.2, 0.25) is 0 Å². The second-order valence-electron chi connectivity index (χ2n) is 3.30. The van der Waals surface area contributed by atoms with Gasteiger partial charge in [-0.3, -0.25) is 9.69 Å². The molecule has 82 valence electrons. The first-order valence-corrected chi connectivity index (χ1v) is 6.57. The number of carboxylic acid groups (broad SMARTS) is 1. The van der Waals surface area contributed by atoms with Crippen molar-refractivity contribution in [2.24, 2.45) is 0 Å². The highest BCUT2D eigenvalue weighted by molar-refractivity contribution is 7.99. The summed E-state index contributed by atoms with van der Waals surface area (Å²) in [6.45, 7) is 1.40. The molecule has 0 aliphatic carbocycles. The minimum atomic E-state index is -0.745. The number of thioether (sulfide) groups is 1. The van der Waals surface area contributed by atoms with Crippen molar-refractivity contribution in [2.75, 3.05) is 18.1 Å². The first-order valence-electron chi connectivity index (χ1n) is 4.58. The van der Waals surface area contributed by atoms with Crippen LogP contribution in [0.15, 0.2) is 5.38 Å². The smallest absolute Gasteiger partial charge is 0.321 e. The molecule has 0 radical (unpaired) electrons. The zero-order valence-corrected chi connectivity index (χ0v) is 9.63. The summed E-state index contributed by atoms with van der Waals surface area (Å²) < 4.78 is 3.77. The highest BCUT2D eigenvalue weighted by Gasteiger charge is 2.29. The van der Waals surface area contributed by atoms with E-state index in [-0.39, 0.29) is 6.04 Å². The van der Waals surface area contributed by atoms with Gasteiger partial charge >= 0.3 is 5.97 Å². The van der Waals surface area contributed by atoms with Crippen LogP contribution in [0.3, 0.4) is 0 Å². The van der Waals surface area contributed by atoms with Crippen molar-refractivity contribution in [1.29, 1.82) is 0 Å². The largest absolute Gasteiger partial charge is 0.480 e. The minimum Gasteiger partial charge on any atom is -0.480 e. The van der Waals surface area contributed by atoms with Crippen LogP contribution in [0.4, 0.5) is 0 Å². The molecular formula is C8H11N3O2S2. The maximum Gasteiger partial charge on any atom is 0.321 e. The summed E-state index contributed by atoms with van der Waals surface area (Å²) >= 11 is 2.99. The number of aliphatic carboxylic acids is 1. The summed E-state index contributed by atoms with van der Waals surface area (Å²) in [4.78, 5) is 13.0. The standard InChI is InChI=1S/C8H11N3O2S2/c12-8(13)7-5-14-2-1-11(7)3-6-4-15-10-9-6/h4,7H,1-3,5H2,(H,12,13). The van der Waals surface area contributed by atoms with Crippen LogP contribution in [-0.2, 0) is 11.3 Å². The Morgan fingerprint density at radius 3 is 3.27 bits per heavy atom. The van der Waals surface area contributed by atoms with Gasteiger partial charge in [0.15, 0.2) is 0 Å². The average Bonchev–Trinajstić information content (AvgIpc) is 2.71. The van der Waals surface area contributed by atoms with Gasteiger partial charge in [-0.25, -0.2) is 0 Å².